The van der Waals surface area contributed by atoms with Gasteiger partial charge < -0.3 is 16.4 Å². The van der Waals surface area contributed by atoms with E-state index in [9.17, 15) is 9.59 Å². The van der Waals surface area contributed by atoms with Crippen molar-refractivity contribution in [2.45, 2.75) is 12.8 Å². The highest BCUT2D eigenvalue weighted by Crippen LogP contribution is 2.22. The van der Waals surface area contributed by atoms with Crippen LogP contribution in [-0.2, 0) is 11.2 Å². The van der Waals surface area contributed by atoms with E-state index in [1.807, 2.05) is 24.3 Å². The monoisotopic (exact) mass is 340 g/mol. The topological polar surface area (TPSA) is 97.1 Å². The van der Waals surface area contributed by atoms with Gasteiger partial charge in [0.25, 0.3) is 0 Å². The molecule has 3 amide bonds. The van der Waals surface area contributed by atoms with Gasteiger partial charge in [0.15, 0.2) is 0 Å². The molecule has 0 bridgehead atoms. The lowest BCUT2D eigenvalue weighted by Crippen LogP contribution is -2.19. The number of carbonyl (C=O) groups excluding carboxylic acids is 2. The van der Waals surface area contributed by atoms with Crippen molar-refractivity contribution < 1.29 is 9.59 Å². The predicted molar refractivity (Wildman–Crippen MR) is 96.2 cm³/mol. The van der Waals surface area contributed by atoms with Crippen LogP contribution in [0.3, 0.4) is 0 Å². The van der Waals surface area contributed by atoms with Crippen molar-refractivity contribution in [1.29, 1.82) is 0 Å². The zero-order chi connectivity index (χ0) is 16.9. The molecule has 0 unspecified atom stereocenters. The third-order valence-electron chi connectivity index (χ3n) is 3.32. The summed E-state index contributed by atoms with van der Waals surface area (Å²) in [5.74, 6) is -0.106. The van der Waals surface area contributed by atoms with Crippen LogP contribution in [0.5, 0.6) is 0 Å². The number of nitrogens with one attached hydrogen (secondary N) is 2. The molecule has 0 spiro atoms. The van der Waals surface area contributed by atoms with Crippen LogP contribution in [0, 0.1) is 0 Å². The number of nitrogens with two attached hydrogens (primary N) is 1. The Balaban J connectivity index is 1.58. The van der Waals surface area contributed by atoms with Crippen molar-refractivity contribution in [3.8, 4) is 0 Å². The Labute approximate surface area is 142 Å². The highest BCUT2D eigenvalue weighted by molar-refractivity contribution is 7.18. The number of aromatic nitrogens is 1. The van der Waals surface area contributed by atoms with Crippen LogP contribution in [-0.4, -0.2) is 16.9 Å². The largest absolute Gasteiger partial charge is 0.351 e. The van der Waals surface area contributed by atoms with Crippen molar-refractivity contribution in [1.82, 2.24) is 4.98 Å². The number of hydrogen-bond donors (Lipinski definition) is 3. The lowest BCUT2D eigenvalue weighted by atomic mass is 10.2. The maximum absolute atomic E-state index is 12.1. The minimum atomic E-state index is -0.644. The number of carbonyl (C=O) groups is 2. The van der Waals surface area contributed by atoms with E-state index in [4.69, 9.17) is 5.73 Å². The first-order chi connectivity index (χ1) is 11.6. The number of para-hydroxylation sites is 1. The quantitative estimate of drug-likeness (QED) is 0.664. The van der Waals surface area contributed by atoms with Gasteiger partial charge >= 0.3 is 6.03 Å². The molecule has 122 valence electrons. The number of benzene rings is 2. The number of amides is 3. The number of aryl methyl sites for hydroxylation is 1. The molecule has 0 radical (unpaired) electrons. The average Bonchev–Trinajstić information content (AvgIpc) is 2.95. The molecule has 7 heteroatoms. The molecule has 24 heavy (non-hydrogen) atoms. The first-order valence-corrected chi connectivity index (χ1v) is 8.22. The zero-order valence-electron chi connectivity index (χ0n) is 12.8. The molecule has 0 aliphatic carbocycles. The van der Waals surface area contributed by atoms with Crippen molar-refractivity contribution in [2.24, 2.45) is 5.73 Å². The molecule has 0 fully saturated rings. The van der Waals surface area contributed by atoms with Crippen molar-refractivity contribution in [3.05, 3.63) is 53.5 Å². The van der Waals surface area contributed by atoms with Gasteiger partial charge in [0.1, 0.15) is 0 Å². The normalized spacial score (nSPS) is 10.5. The fourth-order valence-electron chi connectivity index (χ4n) is 2.29. The number of primary amides is 1. The Morgan fingerprint density at radius 1 is 1.04 bits per heavy atom. The second-order valence-electron chi connectivity index (χ2n) is 5.19. The molecule has 0 saturated carbocycles. The number of urea groups is 1. The van der Waals surface area contributed by atoms with E-state index < -0.39 is 6.03 Å². The van der Waals surface area contributed by atoms with Crippen LogP contribution in [0.2, 0.25) is 0 Å². The first-order valence-electron chi connectivity index (χ1n) is 7.41. The summed E-state index contributed by atoms with van der Waals surface area (Å²) in [7, 11) is 0. The maximum atomic E-state index is 12.1. The van der Waals surface area contributed by atoms with Gasteiger partial charge in [-0.1, -0.05) is 18.2 Å². The summed E-state index contributed by atoms with van der Waals surface area (Å²) in [5, 5.41) is 6.22. The fourth-order valence-corrected chi connectivity index (χ4v) is 3.25. The highest BCUT2D eigenvalue weighted by Gasteiger charge is 2.08. The molecule has 0 aliphatic heterocycles. The number of hydrogen-bond acceptors (Lipinski definition) is 4. The van der Waals surface area contributed by atoms with Gasteiger partial charge in [-0.3, -0.25) is 4.79 Å². The Morgan fingerprint density at radius 3 is 2.54 bits per heavy atom. The summed E-state index contributed by atoms with van der Waals surface area (Å²) in [6.07, 6.45) is 0.928. The van der Waals surface area contributed by atoms with Gasteiger partial charge in [-0.05, 0) is 30.3 Å². The number of anilines is 2. The van der Waals surface area contributed by atoms with Crippen LogP contribution in [0.25, 0.3) is 10.2 Å². The summed E-state index contributed by atoms with van der Waals surface area (Å²) in [6, 6.07) is 14.1. The standard InChI is InChI=1S/C17H16N4O2S/c18-17(23)20-12-5-3-4-11(10-12)19-15(22)8-9-16-21-13-6-1-2-7-14(13)24-16/h1-7,10H,8-9H2,(H,19,22)(H3,18,20,23). The molecule has 3 rings (SSSR count). The average molecular weight is 340 g/mol. The second kappa shape index (κ2) is 7.10. The Hall–Kier alpha value is -2.93. The van der Waals surface area contributed by atoms with E-state index in [1.54, 1.807) is 35.6 Å². The van der Waals surface area contributed by atoms with Gasteiger partial charge in [0.05, 0.1) is 15.2 Å². The summed E-state index contributed by atoms with van der Waals surface area (Å²) < 4.78 is 1.12. The second-order valence-corrected chi connectivity index (χ2v) is 6.31. The molecule has 2 aromatic carbocycles. The molecular weight excluding hydrogens is 324 g/mol. The maximum Gasteiger partial charge on any atom is 0.316 e. The third kappa shape index (κ3) is 4.08. The van der Waals surface area contributed by atoms with E-state index >= 15 is 0 Å². The summed E-state index contributed by atoms with van der Waals surface area (Å²) in [6.45, 7) is 0. The van der Waals surface area contributed by atoms with E-state index in [2.05, 4.69) is 15.6 Å². The molecule has 0 atom stereocenters. The van der Waals surface area contributed by atoms with E-state index in [-0.39, 0.29) is 5.91 Å². The molecule has 0 saturated heterocycles. The molecule has 6 nitrogen and oxygen atoms in total. The number of thiazole rings is 1. The van der Waals surface area contributed by atoms with Crippen LogP contribution < -0.4 is 16.4 Å². The van der Waals surface area contributed by atoms with Gasteiger partial charge in [0.2, 0.25) is 5.91 Å². The van der Waals surface area contributed by atoms with E-state index in [1.165, 1.54) is 0 Å². The lowest BCUT2D eigenvalue weighted by Gasteiger charge is -2.07. The lowest BCUT2D eigenvalue weighted by molar-refractivity contribution is -0.116. The number of nitrogens with zero attached hydrogens (tertiary/aromatic N) is 1. The molecule has 1 heterocycles. The minimum Gasteiger partial charge on any atom is -0.351 e. The molecule has 4 N–H and O–H groups in total. The molecular formula is C17H16N4O2S. The smallest absolute Gasteiger partial charge is 0.316 e. The Kier molecular flexibility index (Phi) is 4.72. The van der Waals surface area contributed by atoms with Gasteiger partial charge in [0, 0.05) is 24.2 Å². The van der Waals surface area contributed by atoms with E-state index in [0.29, 0.717) is 24.2 Å². The summed E-state index contributed by atoms with van der Waals surface area (Å²) >= 11 is 1.60. The fraction of sp³-hybridized carbons (Fsp3) is 0.118. The van der Waals surface area contributed by atoms with Crippen LogP contribution in [0.4, 0.5) is 16.2 Å². The third-order valence-corrected chi connectivity index (χ3v) is 4.41. The number of rotatable bonds is 5. The molecule has 1 aromatic heterocycles. The first kappa shape index (κ1) is 15.9. The SMILES string of the molecule is NC(=O)Nc1cccc(NC(=O)CCc2nc3ccccc3s2)c1. The molecule has 0 aliphatic rings. The van der Waals surface area contributed by atoms with Gasteiger partial charge in [-0.25, -0.2) is 9.78 Å². The Bertz CT molecular complexity index is 858. The van der Waals surface area contributed by atoms with E-state index in [0.717, 1.165) is 15.2 Å². The summed E-state index contributed by atoms with van der Waals surface area (Å²) in [5.41, 5.74) is 7.18. The van der Waals surface area contributed by atoms with Crippen molar-refractivity contribution in [3.63, 3.8) is 0 Å². The molecule has 3 aromatic rings. The van der Waals surface area contributed by atoms with Crippen LogP contribution in [0.1, 0.15) is 11.4 Å². The number of fused-ring (bicyclic) bond motifs is 1. The van der Waals surface area contributed by atoms with Gasteiger partial charge in [-0.2, -0.15) is 0 Å². The summed E-state index contributed by atoms with van der Waals surface area (Å²) in [4.78, 5) is 27.5. The zero-order valence-corrected chi connectivity index (χ0v) is 13.6. The van der Waals surface area contributed by atoms with Crippen molar-refractivity contribution in [2.75, 3.05) is 10.6 Å². The van der Waals surface area contributed by atoms with Gasteiger partial charge in [-0.15, -0.1) is 11.3 Å². The van der Waals surface area contributed by atoms with Crippen molar-refractivity contribution >= 4 is 44.9 Å². The predicted octanol–water partition coefficient (Wildman–Crippen LogP) is 3.36. The van der Waals surface area contributed by atoms with Crippen LogP contribution >= 0.6 is 11.3 Å². The highest BCUT2D eigenvalue weighted by atomic mass is 32.1. The van der Waals surface area contributed by atoms with Crippen LogP contribution in [0.15, 0.2) is 48.5 Å². The Morgan fingerprint density at radius 2 is 1.79 bits per heavy atom. The minimum absolute atomic E-state index is 0.106.